The Morgan fingerprint density at radius 3 is 2.64 bits per heavy atom. The number of esters is 1. The third kappa shape index (κ3) is 5.77. The summed E-state index contributed by atoms with van der Waals surface area (Å²) in [5, 5.41) is 14.1. The number of carbonyl (C=O) groups is 2. The second-order valence-electron chi connectivity index (χ2n) is 8.06. The molecule has 0 saturated heterocycles. The van der Waals surface area contributed by atoms with Crippen molar-refractivity contribution in [2.75, 3.05) is 18.2 Å². The Bertz CT molecular complexity index is 1380. The van der Waals surface area contributed by atoms with Crippen molar-refractivity contribution in [3.63, 3.8) is 0 Å². The van der Waals surface area contributed by atoms with Gasteiger partial charge in [-0.05, 0) is 36.6 Å². The number of nitrogens with zero attached hydrogens (tertiary/aromatic N) is 3. The van der Waals surface area contributed by atoms with Crippen LogP contribution in [0.5, 0.6) is 5.75 Å². The quantitative estimate of drug-likeness (QED) is 0.237. The van der Waals surface area contributed by atoms with Crippen LogP contribution in [0.3, 0.4) is 0 Å². The first-order valence-corrected chi connectivity index (χ1v) is 13.0. The van der Waals surface area contributed by atoms with E-state index in [4.69, 9.17) is 9.47 Å². The average Bonchev–Trinajstić information content (AvgIpc) is 3.46. The van der Waals surface area contributed by atoms with Crippen LogP contribution < -0.4 is 10.1 Å². The lowest BCUT2D eigenvalue weighted by atomic mass is 10.0. The molecule has 0 aliphatic rings. The van der Waals surface area contributed by atoms with Gasteiger partial charge in [0, 0.05) is 18.0 Å². The molecule has 186 valence electrons. The molecule has 1 N–H and O–H groups in total. The van der Waals surface area contributed by atoms with Crippen LogP contribution in [-0.2, 0) is 23.2 Å². The minimum absolute atomic E-state index is 0.100. The largest absolute Gasteiger partial charge is 0.485 e. The number of thioether (sulfide) groups is 1. The smallest absolute Gasteiger partial charge is 0.341 e. The van der Waals surface area contributed by atoms with Crippen LogP contribution in [-0.4, -0.2) is 39.5 Å². The van der Waals surface area contributed by atoms with Gasteiger partial charge in [0.05, 0.1) is 12.9 Å². The van der Waals surface area contributed by atoms with E-state index in [0.717, 1.165) is 28.0 Å². The maximum absolute atomic E-state index is 12.7. The summed E-state index contributed by atoms with van der Waals surface area (Å²) in [5.74, 6) is 0.794. The number of aromatic nitrogens is 3. The number of amides is 1. The molecule has 0 spiro atoms. The van der Waals surface area contributed by atoms with Crippen LogP contribution in [0, 0.1) is 13.8 Å². The van der Waals surface area contributed by atoms with Gasteiger partial charge in [-0.15, -0.1) is 21.5 Å². The molecular formula is C26H26N4O4S2. The van der Waals surface area contributed by atoms with Gasteiger partial charge in [-0.3, -0.25) is 4.79 Å². The lowest BCUT2D eigenvalue weighted by Crippen LogP contribution is -2.16. The lowest BCUT2D eigenvalue weighted by molar-refractivity contribution is -0.113. The van der Waals surface area contributed by atoms with E-state index in [2.05, 4.69) is 15.5 Å². The number of carbonyl (C=O) groups excluding carboxylic acids is 2. The molecule has 1 amide bonds. The van der Waals surface area contributed by atoms with Crippen LogP contribution >= 0.6 is 23.1 Å². The third-order valence-corrected chi connectivity index (χ3v) is 7.39. The molecule has 36 heavy (non-hydrogen) atoms. The molecule has 0 saturated carbocycles. The molecule has 2 heterocycles. The number of hydrogen-bond donors (Lipinski definition) is 1. The second-order valence-corrected chi connectivity index (χ2v) is 9.89. The molecule has 0 aliphatic heterocycles. The predicted octanol–water partition coefficient (Wildman–Crippen LogP) is 5.26. The van der Waals surface area contributed by atoms with E-state index in [1.54, 1.807) is 0 Å². The molecule has 0 aliphatic carbocycles. The zero-order chi connectivity index (χ0) is 25.7. The lowest BCUT2D eigenvalue weighted by Gasteiger charge is -2.10. The fraction of sp³-hybridized carbons (Fsp3) is 0.231. The van der Waals surface area contributed by atoms with Crippen LogP contribution in [0.4, 0.5) is 5.00 Å². The zero-order valence-corrected chi connectivity index (χ0v) is 22.0. The summed E-state index contributed by atoms with van der Waals surface area (Å²) >= 11 is 2.54. The van der Waals surface area contributed by atoms with Crippen molar-refractivity contribution >= 4 is 40.0 Å². The van der Waals surface area contributed by atoms with E-state index in [0.29, 0.717) is 21.5 Å². The molecule has 0 radical (unpaired) electrons. The van der Waals surface area contributed by atoms with Crippen molar-refractivity contribution in [1.29, 1.82) is 0 Å². The van der Waals surface area contributed by atoms with E-state index in [-0.39, 0.29) is 18.3 Å². The molecule has 0 atom stereocenters. The standard InChI is InChI=1S/C26H26N4O4S2/c1-16-10-11-17(2)20(12-16)34-13-21-28-29-26(30(21)3)36-15-22(31)27-24-23(25(32)33-4)19(14-35-24)18-8-6-5-7-9-18/h5-12,14H,13,15H2,1-4H3,(H,27,31). The summed E-state index contributed by atoms with van der Waals surface area (Å²) in [6, 6.07) is 15.6. The van der Waals surface area contributed by atoms with Crippen LogP contribution in [0.25, 0.3) is 11.1 Å². The number of anilines is 1. The van der Waals surface area contributed by atoms with Crippen molar-refractivity contribution in [3.05, 3.63) is 76.4 Å². The van der Waals surface area contributed by atoms with Crippen LogP contribution in [0.1, 0.15) is 27.3 Å². The predicted molar refractivity (Wildman–Crippen MR) is 142 cm³/mol. The van der Waals surface area contributed by atoms with Gasteiger partial charge >= 0.3 is 5.97 Å². The van der Waals surface area contributed by atoms with E-state index in [1.165, 1.54) is 30.2 Å². The highest BCUT2D eigenvalue weighted by molar-refractivity contribution is 7.99. The second kappa shape index (κ2) is 11.4. The van der Waals surface area contributed by atoms with E-state index in [1.807, 2.05) is 79.4 Å². The molecule has 4 aromatic rings. The Morgan fingerprint density at radius 2 is 1.89 bits per heavy atom. The summed E-state index contributed by atoms with van der Waals surface area (Å²) in [6.07, 6.45) is 0. The van der Waals surface area contributed by atoms with E-state index < -0.39 is 5.97 Å². The van der Waals surface area contributed by atoms with E-state index >= 15 is 0 Å². The maximum Gasteiger partial charge on any atom is 0.341 e. The highest BCUT2D eigenvalue weighted by atomic mass is 32.2. The molecule has 0 fully saturated rings. The van der Waals surface area contributed by atoms with Gasteiger partial charge in [0.15, 0.2) is 11.0 Å². The Balaban J connectivity index is 1.40. The molecule has 2 aromatic carbocycles. The minimum atomic E-state index is -0.500. The summed E-state index contributed by atoms with van der Waals surface area (Å²) in [7, 11) is 3.16. The number of rotatable bonds is 9. The Hall–Kier alpha value is -3.63. The van der Waals surface area contributed by atoms with Gasteiger partial charge in [-0.2, -0.15) is 0 Å². The number of aryl methyl sites for hydroxylation is 2. The number of hydrogen-bond acceptors (Lipinski definition) is 8. The molecular weight excluding hydrogens is 496 g/mol. The first-order chi connectivity index (χ1) is 17.4. The molecule has 4 rings (SSSR count). The Morgan fingerprint density at radius 1 is 1.11 bits per heavy atom. The van der Waals surface area contributed by atoms with Gasteiger partial charge in [0.25, 0.3) is 0 Å². The van der Waals surface area contributed by atoms with Gasteiger partial charge in [0.1, 0.15) is 22.9 Å². The highest BCUT2D eigenvalue weighted by Gasteiger charge is 2.22. The van der Waals surface area contributed by atoms with E-state index in [9.17, 15) is 9.59 Å². The average molecular weight is 523 g/mol. The molecule has 2 aromatic heterocycles. The monoisotopic (exact) mass is 522 g/mol. The van der Waals surface area contributed by atoms with Crippen LogP contribution in [0.2, 0.25) is 0 Å². The maximum atomic E-state index is 12.7. The Labute approximate surface area is 217 Å². The minimum Gasteiger partial charge on any atom is -0.485 e. The molecule has 0 unspecified atom stereocenters. The molecule has 8 nitrogen and oxygen atoms in total. The number of ether oxygens (including phenoxy) is 2. The van der Waals surface area contributed by atoms with Crippen molar-refractivity contribution in [3.8, 4) is 16.9 Å². The number of thiophene rings is 1. The first-order valence-electron chi connectivity index (χ1n) is 11.1. The first kappa shape index (κ1) is 25.5. The normalized spacial score (nSPS) is 10.8. The fourth-order valence-corrected chi connectivity index (χ4v) is 5.18. The fourth-order valence-electron chi connectivity index (χ4n) is 3.48. The SMILES string of the molecule is COC(=O)c1c(-c2ccccc2)csc1NC(=O)CSc1nnc(COc2cc(C)ccc2C)n1C. The third-order valence-electron chi connectivity index (χ3n) is 5.48. The van der Waals surface area contributed by atoms with Crippen molar-refractivity contribution in [2.45, 2.75) is 25.6 Å². The number of methoxy groups -OCH3 is 1. The van der Waals surface area contributed by atoms with Gasteiger partial charge in [0.2, 0.25) is 5.91 Å². The number of benzene rings is 2. The Kier molecular flexibility index (Phi) is 8.07. The van der Waals surface area contributed by atoms with Crippen LogP contribution in [0.15, 0.2) is 59.1 Å². The van der Waals surface area contributed by atoms with Crippen molar-refractivity contribution in [2.24, 2.45) is 7.05 Å². The number of nitrogens with one attached hydrogen (secondary N) is 1. The zero-order valence-electron chi connectivity index (χ0n) is 20.4. The summed E-state index contributed by atoms with van der Waals surface area (Å²) in [4.78, 5) is 25.2. The summed E-state index contributed by atoms with van der Waals surface area (Å²) < 4.78 is 12.7. The van der Waals surface area contributed by atoms with Crippen molar-refractivity contribution < 1.29 is 19.1 Å². The summed E-state index contributed by atoms with van der Waals surface area (Å²) in [5.41, 5.74) is 4.10. The highest BCUT2D eigenvalue weighted by Crippen LogP contribution is 2.36. The van der Waals surface area contributed by atoms with Gasteiger partial charge in [-0.1, -0.05) is 54.2 Å². The molecule has 10 heteroatoms. The van der Waals surface area contributed by atoms with Gasteiger partial charge < -0.3 is 19.4 Å². The molecule has 0 bridgehead atoms. The summed E-state index contributed by atoms with van der Waals surface area (Å²) in [6.45, 7) is 4.27. The van der Waals surface area contributed by atoms with Crippen molar-refractivity contribution in [1.82, 2.24) is 14.8 Å². The topological polar surface area (TPSA) is 95.3 Å². The van der Waals surface area contributed by atoms with Gasteiger partial charge in [-0.25, -0.2) is 4.79 Å².